The molecule has 0 amide bonds. The topological polar surface area (TPSA) is 81.1 Å². The van der Waals surface area contributed by atoms with Crippen molar-refractivity contribution < 1.29 is 19.8 Å². The summed E-state index contributed by atoms with van der Waals surface area (Å²) >= 11 is 0. The van der Waals surface area contributed by atoms with Crippen molar-refractivity contribution in [3.63, 3.8) is 0 Å². The molecule has 0 aliphatic rings. The highest BCUT2D eigenvalue weighted by Crippen LogP contribution is 1.89. The molecule has 6 heteroatoms. The number of hydrogen-bond donors (Lipinski definition) is 2. The maximum Gasteiger partial charge on any atom is 0.331 e. The van der Waals surface area contributed by atoms with Crippen LogP contribution in [0.4, 0.5) is 0 Å². The molecule has 0 aromatic carbocycles. The van der Waals surface area contributed by atoms with Crippen molar-refractivity contribution in [2.45, 2.75) is 48.5 Å². The van der Waals surface area contributed by atoms with Crippen LogP contribution in [0.15, 0.2) is 11.6 Å². The summed E-state index contributed by atoms with van der Waals surface area (Å²) in [5.74, 6) is -2.45. The summed E-state index contributed by atoms with van der Waals surface area (Å²) in [6.07, 6.45) is 0.641. The molecule has 0 unspecified atom stereocenters. The molecule has 0 bridgehead atoms. The van der Waals surface area contributed by atoms with Crippen molar-refractivity contribution >= 4 is 11.9 Å². The van der Waals surface area contributed by atoms with Gasteiger partial charge < -0.3 is 20.0 Å². The van der Waals surface area contributed by atoms with Gasteiger partial charge in [-0.2, -0.15) is 0 Å². The summed E-state index contributed by atoms with van der Waals surface area (Å²) in [5.41, 5.74) is -0.178. The lowest BCUT2D eigenvalue weighted by Crippen LogP contribution is -2.21. The predicted molar refractivity (Wildman–Crippen MR) is 96.0 cm³/mol. The summed E-state index contributed by atoms with van der Waals surface area (Å²) in [4.78, 5) is 24.4. The Hall–Kier alpha value is -1.40. The van der Waals surface area contributed by atoms with Gasteiger partial charge in [-0.3, -0.25) is 0 Å². The van der Waals surface area contributed by atoms with E-state index in [1.165, 1.54) is 46.2 Å². The molecule has 0 aromatic heterocycles. The van der Waals surface area contributed by atoms with E-state index in [0.717, 1.165) is 0 Å². The third-order valence-electron chi connectivity index (χ3n) is 3.36. The van der Waals surface area contributed by atoms with Crippen molar-refractivity contribution in [3.8, 4) is 0 Å². The Kier molecular flexibility index (Phi) is 21.5. The molecule has 0 saturated heterocycles. The molecule has 0 aliphatic carbocycles. The number of carbonyl (C=O) groups is 2. The van der Waals surface area contributed by atoms with Gasteiger partial charge in [-0.05, 0) is 46.2 Å². The first-order chi connectivity index (χ1) is 10.7. The van der Waals surface area contributed by atoms with Crippen LogP contribution in [0, 0.1) is 0 Å². The van der Waals surface area contributed by atoms with Gasteiger partial charge >= 0.3 is 11.9 Å². The van der Waals surface area contributed by atoms with E-state index in [1.54, 1.807) is 0 Å². The smallest absolute Gasteiger partial charge is 0.331 e. The van der Waals surface area contributed by atoms with Gasteiger partial charge in [0.2, 0.25) is 0 Å². The van der Waals surface area contributed by atoms with Gasteiger partial charge in [0.15, 0.2) is 0 Å². The molecule has 138 valence electrons. The van der Waals surface area contributed by atoms with Crippen molar-refractivity contribution in [2.75, 3.05) is 39.3 Å². The minimum absolute atomic E-state index is 0.178. The minimum Gasteiger partial charge on any atom is -0.478 e. The summed E-state index contributed by atoms with van der Waals surface area (Å²) in [7, 11) is 0. The lowest BCUT2D eigenvalue weighted by Gasteiger charge is -2.13. The Morgan fingerprint density at radius 3 is 1.04 bits per heavy atom. The van der Waals surface area contributed by atoms with E-state index in [4.69, 9.17) is 10.2 Å². The Bertz CT molecular complexity index is 300. The average Bonchev–Trinajstić information content (AvgIpc) is 2.51. The second-order valence-corrected chi connectivity index (χ2v) is 4.71. The molecule has 0 aliphatic heterocycles. The molecular weight excluding hydrogens is 296 g/mol. The summed E-state index contributed by atoms with van der Waals surface area (Å²) in [6, 6.07) is 0. The molecule has 0 radical (unpaired) electrons. The van der Waals surface area contributed by atoms with E-state index in [2.05, 4.69) is 51.3 Å². The Labute approximate surface area is 141 Å². The van der Waals surface area contributed by atoms with Crippen molar-refractivity contribution in [3.05, 3.63) is 11.6 Å². The first-order valence-electron chi connectivity index (χ1n) is 8.32. The van der Waals surface area contributed by atoms with Crippen LogP contribution in [-0.4, -0.2) is 71.2 Å². The molecule has 0 atom stereocenters. The monoisotopic (exact) mass is 332 g/mol. The second kappa shape index (κ2) is 18.6. The number of rotatable bonds is 8. The highest BCUT2D eigenvalue weighted by molar-refractivity contribution is 5.93. The first kappa shape index (κ1) is 26.5. The number of hydrogen-bond acceptors (Lipinski definition) is 4. The number of carboxylic acid groups (broad SMARTS) is 2. The summed E-state index contributed by atoms with van der Waals surface area (Å²) < 4.78 is 0. The SMILES string of the molecule is C/C(=C/C(=O)O)C(=O)O.CCN(CC)CC.CCN(CC)CC. The molecule has 0 fully saturated rings. The van der Waals surface area contributed by atoms with Gasteiger partial charge in [0, 0.05) is 11.6 Å². The lowest BCUT2D eigenvalue weighted by atomic mass is 10.3. The predicted octanol–water partition coefficient (Wildman–Crippen LogP) is 2.80. The third-order valence-corrected chi connectivity index (χ3v) is 3.36. The first-order valence-corrected chi connectivity index (χ1v) is 8.32. The Morgan fingerprint density at radius 2 is 1.00 bits per heavy atom. The number of carboxylic acids is 2. The van der Waals surface area contributed by atoms with Crippen LogP contribution in [0.5, 0.6) is 0 Å². The third kappa shape index (κ3) is 20.6. The number of nitrogens with zero attached hydrogens (tertiary/aromatic N) is 2. The zero-order valence-corrected chi connectivity index (χ0v) is 15.9. The highest BCUT2D eigenvalue weighted by atomic mass is 16.4. The Balaban J connectivity index is -0.000000264. The molecular formula is C17H36N2O4. The second-order valence-electron chi connectivity index (χ2n) is 4.71. The van der Waals surface area contributed by atoms with Crippen molar-refractivity contribution in [2.24, 2.45) is 0 Å². The molecule has 0 aromatic rings. The van der Waals surface area contributed by atoms with Gasteiger partial charge in [0.25, 0.3) is 0 Å². The fourth-order valence-corrected chi connectivity index (χ4v) is 1.59. The van der Waals surface area contributed by atoms with E-state index in [1.807, 2.05) is 0 Å². The maximum atomic E-state index is 9.90. The van der Waals surface area contributed by atoms with E-state index in [0.29, 0.717) is 6.08 Å². The zero-order chi connectivity index (χ0) is 18.8. The fourth-order valence-electron chi connectivity index (χ4n) is 1.59. The minimum atomic E-state index is -1.24. The summed E-state index contributed by atoms with van der Waals surface area (Å²) in [6.45, 7) is 21.5. The Morgan fingerprint density at radius 1 is 0.739 bits per heavy atom. The normalized spacial score (nSPS) is 10.6. The van der Waals surface area contributed by atoms with Crippen LogP contribution in [-0.2, 0) is 9.59 Å². The quantitative estimate of drug-likeness (QED) is 0.665. The average molecular weight is 332 g/mol. The number of aliphatic carboxylic acids is 2. The molecule has 0 heterocycles. The lowest BCUT2D eigenvalue weighted by molar-refractivity contribution is -0.135. The molecule has 6 nitrogen and oxygen atoms in total. The zero-order valence-electron chi connectivity index (χ0n) is 15.9. The van der Waals surface area contributed by atoms with Gasteiger partial charge in [-0.15, -0.1) is 0 Å². The van der Waals surface area contributed by atoms with E-state index >= 15 is 0 Å². The maximum absolute atomic E-state index is 9.90. The molecule has 0 spiro atoms. The van der Waals surface area contributed by atoms with Crippen LogP contribution in [0.3, 0.4) is 0 Å². The van der Waals surface area contributed by atoms with Crippen molar-refractivity contribution in [1.29, 1.82) is 0 Å². The van der Waals surface area contributed by atoms with E-state index < -0.39 is 11.9 Å². The van der Waals surface area contributed by atoms with Gasteiger partial charge in [-0.25, -0.2) is 9.59 Å². The van der Waals surface area contributed by atoms with Gasteiger partial charge in [0.1, 0.15) is 0 Å². The van der Waals surface area contributed by atoms with Crippen LogP contribution in [0.1, 0.15) is 48.5 Å². The van der Waals surface area contributed by atoms with Gasteiger partial charge in [-0.1, -0.05) is 41.5 Å². The van der Waals surface area contributed by atoms with Crippen molar-refractivity contribution in [1.82, 2.24) is 9.80 Å². The molecule has 2 N–H and O–H groups in total. The highest BCUT2D eigenvalue weighted by Gasteiger charge is 2.00. The summed E-state index contributed by atoms with van der Waals surface area (Å²) in [5, 5.41) is 16.1. The largest absolute Gasteiger partial charge is 0.478 e. The van der Waals surface area contributed by atoms with E-state index in [-0.39, 0.29) is 5.57 Å². The molecule has 0 saturated carbocycles. The van der Waals surface area contributed by atoms with Crippen LogP contribution in [0.25, 0.3) is 0 Å². The van der Waals surface area contributed by atoms with E-state index in [9.17, 15) is 9.59 Å². The molecule has 0 rings (SSSR count). The van der Waals surface area contributed by atoms with Crippen LogP contribution < -0.4 is 0 Å². The molecule has 23 heavy (non-hydrogen) atoms. The van der Waals surface area contributed by atoms with Crippen LogP contribution >= 0.6 is 0 Å². The fraction of sp³-hybridized carbons (Fsp3) is 0.765. The standard InChI is InChI=1S/2C6H15N.C5H6O4/c2*1-4-7(5-2)6-3;1-3(5(8)9)2-4(6)7/h2*4-6H2,1-3H3;2H,1H3,(H,6,7)(H,8,9)/b;;3-2-. The van der Waals surface area contributed by atoms with Gasteiger partial charge in [0.05, 0.1) is 0 Å². The van der Waals surface area contributed by atoms with Crippen LogP contribution in [0.2, 0.25) is 0 Å².